The van der Waals surface area contributed by atoms with Gasteiger partial charge in [-0.1, -0.05) is 47.9 Å². The van der Waals surface area contributed by atoms with Crippen LogP contribution in [0.15, 0.2) is 48.5 Å². The lowest BCUT2D eigenvalue weighted by Gasteiger charge is -2.31. The first-order valence-corrected chi connectivity index (χ1v) is 9.87. The number of ether oxygens (including phenoxy) is 2. The maximum atomic E-state index is 6.13. The highest BCUT2D eigenvalue weighted by molar-refractivity contribution is 6.30. The molecule has 0 bridgehead atoms. The van der Waals surface area contributed by atoms with Crippen LogP contribution in [0, 0.1) is 6.92 Å². The third-order valence-corrected chi connectivity index (χ3v) is 5.35. The summed E-state index contributed by atoms with van der Waals surface area (Å²) in [4.78, 5) is 2.44. The summed E-state index contributed by atoms with van der Waals surface area (Å²) in [5, 5.41) is 0.744. The number of hydrogen-bond donors (Lipinski definition) is 0. The number of piperidine rings is 1. The zero-order valence-corrected chi connectivity index (χ0v) is 17.1. The average molecular weight is 386 g/mol. The highest BCUT2D eigenvalue weighted by Crippen LogP contribution is 2.34. The van der Waals surface area contributed by atoms with Crippen LogP contribution in [0.2, 0.25) is 5.02 Å². The van der Waals surface area contributed by atoms with Crippen molar-refractivity contribution in [1.29, 1.82) is 0 Å². The molecule has 27 heavy (non-hydrogen) atoms. The summed E-state index contributed by atoms with van der Waals surface area (Å²) >= 11 is 6.13. The van der Waals surface area contributed by atoms with Crippen molar-refractivity contribution in [1.82, 2.24) is 4.90 Å². The van der Waals surface area contributed by atoms with Gasteiger partial charge in [0.25, 0.3) is 0 Å². The predicted molar refractivity (Wildman–Crippen MR) is 112 cm³/mol. The van der Waals surface area contributed by atoms with Crippen LogP contribution in [-0.4, -0.2) is 38.4 Å². The Bertz CT molecular complexity index is 785. The van der Waals surface area contributed by atoms with Crippen molar-refractivity contribution in [2.75, 3.05) is 27.5 Å². The SMILES string of the molecule is COCOc1ccc(C)cc1/C(=C/C1CCCCN1C)c1ccc(Cl)cc1. The molecule has 3 nitrogen and oxygen atoms in total. The Balaban J connectivity index is 2.09. The maximum absolute atomic E-state index is 6.13. The van der Waals surface area contributed by atoms with E-state index in [4.69, 9.17) is 21.1 Å². The first-order chi connectivity index (χ1) is 13.1. The Hall–Kier alpha value is -1.81. The molecule has 1 aliphatic heterocycles. The molecule has 0 N–H and O–H groups in total. The van der Waals surface area contributed by atoms with Gasteiger partial charge in [-0.15, -0.1) is 0 Å². The smallest absolute Gasteiger partial charge is 0.188 e. The molecule has 0 spiro atoms. The molecule has 4 heteroatoms. The number of likely N-dealkylation sites (N-methyl/N-ethyl adjacent to an activating group) is 1. The highest BCUT2D eigenvalue weighted by Gasteiger charge is 2.20. The van der Waals surface area contributed by atoms with Gasteiger partial charge in [0.1, 0.15) is 5.75 Å². The van der Waals surface area contributed by atoms with E-state index in [0.717, 1.165) is 28.4 Å². The topological polar surface area (TPSA) is 21.7 Å². The number of likely N-dealkylation sites (tertiary alicyclic amines) is 1. The molecule has 1 unspecified atom stereocenters. The molecule has 0 saturated carbocycles. The molecule has 1 fully saturated rings. The predicted octanol–water partition coefficient (Wildman–Crippen LogP) is 5.55. The van der Waals surface area contributed by atoms with Gasteiger partial charge < -0.3 is 9.47 Å². The maximum Gasteiger partial charge on any atom is 0.188 e. The second-order valence-corrected chi connectivity index (χ2v) is 7.62. The van der Waals surface area contributed by atoms with E-state index in [1.165, 1.54) is 30.4 Å². The molecule has 0 amide bonds. The van der Waals surface area contributed by atoms with Crippen molar-refractivity contribution in [3.63, 3.8) is 0 Å². The molecule has 1 heterocycles. The second-order valence-electron chi connectivity index (χ2n) is 7.18. The van der Waals surface area contributed by atoms with Crippen molar-refractivity contribution >= 4 is 17.2 Å². The molecule has 1 atom stereocenters. The van der Waals surface area contributed by atoms with Gasteiger partial charge in [-0.05, 0) is 68.8 Å². The number of benzene rings is 2. The van der Waals surface area contributed by atoms with Crippen LogP contribution in [0.25, 0.3) is 5.57 Å². The number of rotatable bonds is 6. The van der Waals surface area contributed by atoms with E-state index in [0.29, 0.717) is 6.04 Å². The summed E-state index contributed by atoms with van der Waals surface area (Å²) in [6.07, 6.45) is 6.09. The van der Waals surface area contributed by atoms with Crippen LogP contribution < -0.4 is 4.74 Å². The monoisotopic (exact) mass is 385 g/mol. The van der Waals surface area contributed by atoms with Crippen LogP contribution in [0.1, 0.15) is 36.0 Å². The van der Waals surface area contributed by atoms with Gasteiger partial charge in [-0.3, -0.25) is 4.90 Å². The van der Waals surface area contributed by atoms with Gasteiger partial charge in [0, 0.05) is 23.7 Å². The third kappa shape index (κ3) is 5.13. The largest absolute Gasteiger partial charge is 0.467 e. The molecule has 0 radical (unpaired) electrons. The van der Waals surface area contributed by atoms with Crippen molar-refractivity contribution in [2.45, 2.75) is 32.2 Å². The summed E-state index contributed by atoms with van der Waals surface area (Å²) < 4.78 is 11.0. The molecule has 1 saturated heterocycles. The zero-order valence-electron chi connectivity index (χ0n) is 16.4. The molecule has 0 aromatic heterocycles. The molecule has 0 aliphatic carbocycles. The van der Waals surface area contributed by atoms with E-state index in [9.17, 15) is 0 Å². The molecule has 2 aromatic rings. The molecule has 144 valence electrons. The lowest BCUT2D eigenvalue weighted by Crippen LogP contribution is -2.34. The van der Waals surface area contributed by atoms with Crippen LogP contribution in [0.3, 0.4) is 0 Å². The molecular formula is C23H28ClNO2. The average Bonchev–Trinajstić information content (AvgIpc) is 2.67. The Kier molecular flexibility index (Phi) is 6.95. The fraction of sp³-hybridized carbons (Fsp3) is 0.391. The van der Waals surface area contributed by atoms with Gasteiger partial charge in [-0.25, -0.2) is 0 Å². The second kappa shape index (κ2) is 9.41. The van der Waals surface area contributed by atoms with E-state index < -0.39 is 0 Å². The zero-order chi connectivity index (χ0) is 19.2. The fourth-order valence-corrected chi connectivity index (χ4v) is 3.70. The molecular weight excluding hydrogens is 358 g/mol. The minimum absolute atomic E-state index is 0.229. The van der Waals surface area contributed by atoms with Crippen LogP contribution in [-0.2, 0) is 4.74 Å². The number of methoxy groups -OCH3 is 1. The number of hydrogen-bond acceptors (Lipinski definition) is 3. The minimum Gasteiger partial charge on any atom is -0.467 e. The first-order valence-electron chi connectivity index (χ1n) is 9.49. The van der Waals surface area contributed by atoms with Crippen molar-refractivity contribution in [3.05, 3.63) is 70.3 Å². The van der Waals surface area contributed by atoms with Gasteiger partial charge in [-0.2, -0.15) is 0 Å². The van der Waals surface area contributed by atoms with Crippen LogP contribution in [0.4, 0.5) is 0 Å². The molecule has 1 aliphatic rings. The van der Waals surface area contributed by atoms with E-state index >= 15 is 0 Å². The van der Waals surface area contributed by atoms with Gasteiger partial charge in [0.05, 0.1) is 0 Å². The number of aryl methyl sites for hydroxylation is 1. The van der Waals surface area contributed by atoms with Crippen LogP contribution in [0.5, 0.6) is 5.75 Å². The van der Waals surface area contributed by atoms with E-state index in [2.05, 4.69) is 49.2 Å². The Labute approximate surface area is 167 Å². The third-order valence-electron chi connectivity index (χ3n) is 5.10. The summed E-state index contributed by atoms with van der Waals surface area (Å²) in [5.41, 5.74) is 4.62. The minimum atomic E-state index is 0.229. The van der Waals surface area contributed by atoms with E-state index in [1.807, 2.05) is 18.2 Å². The standard InChI is InChI=1S/C23H28ClNO2/c1-17-7-12-23(27-16-26-3)22(14-17)21(18-8-10-19(24)11-9-18)15-20-6-4-5-13-25(20)2/h7-12,14-15,20H,4-6,13,16H2,1-3H3/b21-15+. The number of halogens is 1. The van der Waals surface area contributed by atoms with Gasteiger partial charge in [0.2, 0.25) is 0 Å². The highest BCUT2D eigenvalue weighted by atomic mass is 35.5. The van der Waals surface area contributed by atoms with Gasteiger partial charge >= 0.3 is 0 Å². The summed E-state index contributed by atoms with van der Waals surface area (Å²) in [6, 6.07) is 14.8. The molecule has 2 aromatic carbocycles. The Morgan fingerprint density at radius 1 is 1.19 bits per heavy atom. The van der Waals surface area contributed by atoms with E-state index in [1.54, 1.807) is 7.11 Å². The van der Waals surface area contributed by atoms with Crippen molar-refractivity contribution in [2.24, 2.45) is 0 Å². The number of nitrogens with zero attached hydrogens (tertiary/aromatic N) is 1. The normalized spacial score (nSPS) is 18.5. The quantitative estimate of drug-likeness (QED) is 0.608. The summed E-state index contributed by atoms with van der Waals surface area (Å²) in [5.74, 6) is 0.835. The summed E-state index contributed by atoms with van der Waals surface area (Å²) in [6.45, 7) is 3.47. The van der Waals surface area contributed by atoms with E-state index in [-0.39, 0.29) is 6.79 Å². The Morgan fingerprint density at radius 3 is 2.67 bits per heavy atom. The fourth-order valence-electron chi connectivity index (χ4n) is 3.58. The van der Waals surface area contributed by atoms with Crippen molar-refractivity contribution in [3.8, 4) is 5.75 Å². The molecule has 3 rings (SSSR count). The van der Waals surface area contributed by atoms with Gasteiger partial charge in [0.15, 0.2) is 6.79 Å². The van der Waals surface area contributed by atoms with Crippen molar-refractivity contribution < 1.29 is 9.47 Å². The first kappa shape index (κ1) is 19.9. The lowest BCUT2D eigenvalue weighted by molar-refractivity contribution is 0.0509. The lowest BCUT2D eigenvalue weighted by atomic mass is 9.91. The summed E-state index contributed by atoms with van der Waals surface area (Å²) in [7, 11) is 3.85. The Morgan fingerprint density at radius 2 is 1.96 bits per heavy atom. The van der Waals surface area contributed by atoms with Crippen LogP contribution >= 0.6 is 11.6 Å².